The van der Waals surface area contributed by atoms with Gasteiger partial charge in [-0.3, -0.25) is 0 Å². The molecule has 0 amide bonds. The maximum absolute atomic E-state index is 10.9. The van der Waals surface area contributed by atoms with E-state index >= 15 is 0 Å². The van der Waals surface area contributed by atoms with E-state index in [2.05, 4.69) is 0 Å². The molecule has 84 valence electrons. The van der Waals surface area contributed by atoms with E-state index in [9.17, 15) is 4.79 Å². The summed E-state index contributed by atoms with van der Waals surface area (Å²) < 4.78 is 0. The van der Waals surface area contributed by atoms with Crippen molar-refractivity contribution in [2.24, 2.45) is 17.8 Å². The summed E-state index contributed by atoms with van der Waals surface area (Å²) in [7, 11) is 0. The van der Waals surface area contributed by atoms with Gasteiger partial charge in [-0.25, -0.2) is 4.79 Å². The van der Waals surface area contributed by atoms with E-state index in [-0.39, 0.29) is 0 Å². The number of carboxylic acid groups (broad SMARTS) is 1. The van der Waals surface area contributed by atoms with Crippen LogP contribution in [0.2, 0.25) is 0 Å². The first-order valence-corrected chi connectivity index (χ1v) is 6.00. The van der Waals surface area contributed by atoms with Crippen LogP contribution in [0.25, 0.3) is 0 Å². The highest BCUT2D eigenvalue weighted by Gasteiger charge is 2.36. The molecule has 0 saturated heterocycles. The van der Waals surface area contributed by atoms with E-state index in [0.29, 0.717) is 11.5 Å². The minimum atomic E-state index is -0.742. The SMILES string of the molecule is C/C(C(=O)O)=C(/C)C1CC2CCC1CC2. The van der Waals surface area contributed by atoms with Crippen LogP contribution in [-0.4, -0.2) is 11.1 Å². The zero-order chi connectivity index (χ0) is 11.0. The molecule has 15 heavy (non-hydrogen) atoms. The van der Waals surface area contributed by atoms with Crippen molar-refractivity contribution < 1.29 is 9.90 Å². The number of aliphatic carboxylic acids is 1. The predicted molar refractivity (Wildman–Crippen MR) is 59.6 cm³/mol. The summed E-state index contributed by atoms with van der Waals surface area (Å²) in [6.45, 7) is 3.77. The van der Waals surface area contributed by atoms with E-state index in [1.165, 1.54) is 32.1 Å². The van der Waals surface area contributed by atoms with Crippen molar-refractivity contribution in [3.8, 4) is 0 Å². The fourth-order valence-corrected chi connectivity index (χ4v) is 3.35. The maximum atomic E-state index is 10.9. The Kier molecular flexibility index (Phi) is 2.85. The second-order valence-electron chi connectivity index (χ2n) is 5.24. The summed E-state index contributed by atoms with van der Waals surface area (Å²) in [6, 6.07) is 0. The average Bonchev–Trinajstić information content (AvgIpc) is 2.28. The van der Waals surface area contributed by atoms with E-state index < -0.39 is 5.97 Å². The molecule has 3 saturated carbocycles. The molecule has 3 rings (SSSR count). The zero-order valence-corrected chi connectivity index (χ0v) is 9.62. The Morgan fingerprint density at radius 3 is 2.13 bits per heavy atom. The molecule has 0 radical (unpaired) electrons. The van der Waals surface area contributed by atoms with E-state index in [1.807, 2.05) is 6.92 Å². The largest absolute Gasteiger partial charge is 0.478 e. The third-order valence-corrected chi connectivity index (χ3v) is 4.52. The van der Waals surface area contributed by atoms with Crippen molar-refractivity contribution in [2.45, 2.75) is 46.0 Å². The molecule has 1 N–H and O–H groups in total. The van der Waals surface area contributed by atoms with Crippen molar-refractivity contribution >= 4 is 5.97 Å². The topological polar surface area (TPSA) is 37.3 Å². The molecule has 0 aromatic carbocycles. The number of hydrogen-bond donors (Lipinski definition) is 1. The lowest BCUT2D eigenvalue weighted by atomic mass is 9.62. The van der Waals surface area contributed by atoms with Crippen LogP contribution in [0.3, 0.4) is 0 Å². The highest BCUT2D eigenvalue weighted by Crippen LogP contribution is 2.48. The van der Waals surface area contributed by atoms with Gasteiger partial charge in [0, 0.05) is 5.57 Å². The molecular formula is C13H20O2. The van der Waals surface area contributed by atoms with Crippen LogP contribution in [-0.2, 0) is 4.79 Å². The molecular weight excluding hydrogens is 188 g/mol. The van der Waals surface area contributed by atoms with Crippen LogP contribution in [0, 0.1) is 17.8 Å². The van der Waals surface area contributed by atoms with Gasteiger partial charge in [0.2, 0.25) is 0 Å². The van der Waals surface area contributed by atoms with Crippen LogP contribution in [0.15, 0.2) is 11.1 Å². The molecule has 0 aromatic heterocycles. The van der Waals surface area contributed by atoms with Gasteiger partial charge in [0.1, 0.15) is 0 Å². The number of fused-ring (bicyclic) bond motifs is 3. The Labute approximate surface area is 91.4 Å². The molecule has 2 bridgehead atoms. The second-order valence-corrected chi connectivity index (χ2v) is 5.24. The average molecular weight is 208 g/mol. The predicted octanol–water partition coefficient (Wildman–Crippen LogP) is 3.23. The van der Waals surface area contributed by atoms with Crippen molar-refractivity contribution in [2.75, 3.05) is 0 Å². The van der Waals surface area contributed by atoms with Crippen LogP contribution >= 0.6 is 0 Å². The lowest BCUT2D eigenvalue weighted by Crippen LogP contribution is -2.32. The van der Waals surface area contributed by atoms with Gasteiger partial charge in [-0.1, -0.05) is 18.4 Å². The summed E-state index contributed by atoms with van der Waals surface area (Å²) in [5, 5.41) is 9.00. The molecule has 0 aliphatic heterocycles. The number of allylic oxidation sites excluding steroid dienone is 1. The Morgan fingerprint density at radius 1 is 1.13 bits per heavy atom. The number of carbonyl (C=O) groups is 1. The van der Waals surface area contributed by atoms with Gasteiger partial charge in [0.05, 0.1) is 0 Å². The summed E-state index contributed by atoms with van der Waals surface area (Å²) >= 11 is 0. The molecule has 0 spiro atoms. The van der Waals surface area contributed by atoms with Gasteiger partial charge in [0.15, 0.2) is 0 Å². The molecule has 3 aliphatic carbocycles. The third kappa shape index (κ3) is 1.95. The molecule has 3 fully saturated rings. The normalized spacial score (nSPS) is 36.3. The molecule has 2 heteroatoms. The van der Waals surface area contributed by atoms with E-state index in [4.69, 9.17) is 5.11 Å². The van der Waals surface area contributed by atoms with Gasteiger partial charge in [0.25, 0.3) is 0 Å². The first kappa shape index (κ1) is 10.7. The Morgan fingerprint density at radius 2 is 1.73 bits per heavy atom. The Bertz CT molecular complexity index is 296. The maximum Gasteiger partial charge on any atom is 0.331 e. The van der Waals surface area contributed by atoms with Crippen LogP contribution in [0.4, 0.5) is 0 Å². The molecule has 2 nitrogen and oxygen atoms in total. The molecule has 3 aliphatic rings. The van der Waals surface area contributed by atoms with Crippen molar-refractivity contribution in [1.82, 2.24) is 0 Å². The molecule has 1 atom stereocenters. The minimum Gasteiger partial charge on any atom is -0.478 e. The van der Waals surface area contributed by atoms with Gasteiger partial charge >= 0.3 is 5.97 Å². The lowest BCUT2D eigenvalue weighted by molar-refractivity contribution is -0.132. The quantitative estimate of drug-likeness (QED) is 0.707. The van der Waals surface area contributed by atoms with Gasteiger partial charge in [-0.15, -0.1) is 0 Å². The first-order valence-electron chi connectivity index (χ1n) is 6.00. The zero-order valence-electron chi connectivity index (χ0n) is 9.62. The third-order valence-electron chi connectivity index (χ3n) is 4.52. The van der Waals surface area contributed by atoms with Gasteiger partial charge < -0.3 is 5.11 Å². The van der Waals surface area contributed by atoms with E-state index in [0.717, 1.165) is 17.4 Å². The minimum absolute atomic E-state index is 0.564. The standard InChI is InChI=1S/C13H20O2/c1-8(9(2)13(14)15)12-7-10-3-5-11(12)6-4-10/h10-12H,3-7H2,1-2H3,(H,14,15)/b9-8+. The number of rotatable bonds is 2. The number of carboxylic acids is 1. The van der Waals surface area contributed by atoms with Crippen molar-refractivity contribution in [3.05, 3.63) is 11.1 Å². The summed E-state index contributed by atoms with van der Waals surface area (Å²) in [4.78, 5) is 10.9. The molecule has 1 unspecified atom stereocenters. The smallest absolute Gasteiger partial charge is 0.331 e. The fraction of sp³-hybridized carbons (Fsp3) is 0.769. The van der Waals surface area contributed by atoms with Gasteiger partial charge in [-0.05, 0) is 50.9 Å². The summed E-state index contributed by atoms with van der Waals surface area (Å²) in [5.74, 6) is 1.46. The monoisotopic (exact) mass is 208 g/mol. The molecule has 0 heterocycles. The number of hydrogen-bond acceptors (Lipinski definition) is 1. The van der Waals surface area contributed by atoms with Crippen LogP contribution in [0.5, 0.6) is 0 Å². The molecule has 0 aromatic rings. The van der Waals surface area contributed by atoms with Gasteiger partial charge in [-0.2, -0.15) is 0 Å². The van der Waals surface area contributed by atoms with Crippen LogP contribution in [0.1, 0.15) is 46.0 Å². The lowest BCUT2D eigenvalue weighted by Gasteiger charge is -2.43. The Hall–Kier alpha value is -0.790. The van der Waals surface area contributed by atoms with Crippen molar-refractivity contribution in [3.63, 3.8) is 0 Å². The second kappa shape index (κ2) is 3.99. The summed E-state index contributed by atoms with van der Waals surface area (Å²) in [5.41, 5.74) is 1.71. The Balaban J connectivity index is 2.18. The first-order chi connectivity index (χ1) is 7.09. The van der Waals surface area contributed by atoms with Crippen molar-refractivity contribution in [1.29, 1.82) is 0 Å². The van der Waals surface area contributed by atoms with Crippen LogP contribution < -0.4 is 0 Å². The highest BCUT2D eigenvalue weighted by atomic mass is 16.4. The van der Waals surface area contributed by atoms with E-state index in [1.54, 1.807) is 6.92 Å². The summed E-state index contributed by atoms with van der Waals surface area (Å²) in [6.07, 6.45) is 6.63. The fourth-order valence-electron chi connectivity index (χ4n) is 3.35. The highest BCUT2D eigenvalue weighted by molar-refractivity contribution is 5.86.